The van der Waals surface area contributed by atoms with Crippen LogP contribution in [0.5, 0.6) is 0 Å². The van der Waals surface area contributed by atoms with Crippen LogP contribution in [0.4, 0.5) is 0 Å². The summed E-state index contributed by atoms with van der Waals surface area (Å²) in [5, 5.41) is 3.48. The zero-order valence-corrected chi connectivity index (χ0v) is 10.1. The van der Waals surface area contributed by atoms with E-state index in [-0.39, 0.29) is 0 Å². The Morgan fingerprint density at radius 1 is 1.56 bits per heavy atom. The molecule has 1 N–H and O–H groups in total. The van der Waals surface area contributed by atoms with Crippen LogP contribution < -0.4 is 5.32 Å². The van der Waals surface area contributed by atoms with Crippen LogP contribution in [0.25, 0.3) is 0 Å². The van der Waals surface area contributed by atoms with Crippen molar-refractivity contribution in [3.05, 3.63) is 24.2 Å². The first-order chi connectivity index (χ1) is 7.88. The van der Waals surface area contributed by atoms with Crippen molar-refractivity contribution in [2.24, 2.45) is 5.92 Å². The number of hydrogen-bond acceptors (Lipinski definition) is 3. The fraction of sp³-hybridized carbons (Fsp3) is 0.692. The van der Waals surface area contributed by atoms with Crippen molar-refractivity contribution in [2.45, 2.75) is 26.3 Å². The number of nitrogens with zero attached hydrogens (tertiary/aromatic N) is 1. The summed E-state index contributed by atoms with van der Waals surface area (Å²) in [6, 6.07) is 3.96. The van der Waals surface area contributed by atoms with E-state index in [4.69, 9.17) is 4.42 Å². The molecule has 2 rings (SSSR count). The van der Waals surface area contributed by atoms with Gasteiger partial charge in [0.2, 0.25) is 0 Å². The molecule has 1 aromatic heterocycles. The topological polar surface area (TPSA) is 28.4 Å². The molecule has 1 saturated heterocycles. The highest BCUT2D eigenvalue weighted by Crippen LogP contribution is 2.15. The summed E-state index contributed by atoms with van der Waals surface area (Å²) in [6.07, 6.45) is 4.44. The second-order valence-electron chi connectivity index (χ2n) is 4.61. The molecule has 1 aliphatic rings. The number of rotatable bonds is 5. The molecule has 0 radical (unpaired) electrons. The standard InChI is InChI=1S/C13H22N2O/c1-2-15-7-3-5-12(11-15)9-14-10-13-6-4-8-16-13/h4,6,8,12,14H,2-3,5,7,9-11H2,1H3. The molecule has 0 aliphatic carbocycles. The van der Waals surface area contributed by atoms with E-state index in [1.807, 2.05) is 12.1 Å². The second-order valence-corrected chi connectivity index (χ2v) is 4.61. The van der Waals surface area contributed by atoms with Gasteiger partial charge in [-0.2, -0.15) is 0 Å². The van der Waals surface area contributed by atoms with Crippen LogP contribution in [-0.2, 0) is 6.54 Å². The van der Waals surface area contributed by atoms with Gasteiger partial charge in [-0.3, -0.25) is 0 Å². The van der Waals surface area contributed by atoms with Crippen molar-refractivity contribution >= 4 is 0 Å². The minimum absolute atomic E-state index is 0.809. The molecule has 0 aromatic carbocycles. The largest absolute Gasteiger partial charge is 0.468 e. The molecule has 0 spiro atoms. The normalized spacial score (nSPS) is 22.4. The van der Waals surface area contributed by atoms with Crippen LogP contribution in [0.1, 0.15) is 25.5 Å². The number of hydrogen-bond donors (Lipinski definition) is 1. The predicted octanol–water partition coefficient (Wildman–Crippen LogP) is 2.10. The minimum Gasteiger partial charge on any atom is -0.468 e. The molecule has 90 valence electrons. The highest BCUT2D eigenvalue weighted by atomic mass is 16.3. The molecule has 0 amide bonds. The summed E-state index contributed by atoms with van der Waals surface area (Å²) in [4.78, 5) is 2.54. The van der Waals surface area contributed by atoms with Gasteiger partial charge in [0.05, 0.1) is 12.8 Å². The molecule has 1 atom stereocenters. The lowest BCUT2D eigenvalue weighted by Gasteiger charge is -2.31. The van der Waals surface area contributed by atoms with Crippen LogP contribution in [0.3, 0.4) is 0 Å². The number of likely N-dealkylation sites (tertiary alicyclic amines) is 1. The summed E-state index contributed by atoms with van der Waals surface area (Å²) in [6.45, 7) is 7.94. The van der Waals surface area contributed by atoms with Crippen LogP contribution in [0.2, 0.25) is 0 Å². The maximum atomic E-state index is 5.29. The van der Waals surface area contributed by atoms with E-state index in [9.17, 15) is 0 Å². The minimum atomic E-state index is 0.809. The molecular weight excluding hydrogens is 200 g/mol. The first-order valence-electron chi connectivity index (χ1n) is 6.34. The lowest BCUT2D eigenvalue weighted by Crippen LogP contribution is -2.39. The number of furan rings is 1. The van der Waals surface area contributed by atoms with Gasteiger partial charge in [0.1, 0.15) is 5.76 Å². The zero-order chi connectivity index (χ0) is 11.2. The van der Waals surface area contributed by atoms with Gasteiger partial charge in [0.25, 0.3) is 0 Å². The Hall–Kier alpha value is -0.800. The van der Waals surface area contributed by atoms with Crippen molar-refractivity contribution in [2.75, 3.05) is 26.2 Å². The second kappa shape index (κ2) is 6.06. The third-order valence-corrected chi connectivity index (χ3v) is 3.36. The van der Waals surface area contributed by atoms with Crippen LogP contribution in [-0.4, -0.2) is 31.1 Å². The smallest absolute Gasteiger partial charge is 0.117 e. The Balaban J connectivity index is 1.65. The highest BCUT2D eigenvalue weighted by Gasteiger charge is 2.17. The Morgan fingerprint density at radius 3 is 3.25 bits per heavy atom. The van der Waals surface area contributed by atoms with E-state index in [1.54, 1.807) is 6.26 Å². The molecular formula is C13H22N2O. The van der Waals surface area contributed by atoms with E-state index in [0.717, 1.165) is 24.8 Å². The van der Waals surface area contributed by atoms with Gasteiger partial charge in [0, 0.05) is 6.54 Å². The van der Waals surface area contributed by atoms with Gasteiger partial charge in [0.15, 0.2) is 0 Å². The molecule has 3 heteroatoms. The molecule has 0 saturated carbocycles. The molecule has 1 unspecified atom stereocenters. The number of piperidine rings is 1. The monoisotopic (exact) mass is 222 g/mol. The maximum Gasteiger partial charge on any atom is 0.117 e. The van der Waals surface area contributed by atoms with Gasteiger partial charge in [-0.05, 0) is 50.5 Å². The molecule has 1 fully saturated rings. The van der Waals surface area contributed by atoms with Crippen molar-refractivity contribution < 1.29 is 4.42 Å². The molecule has 0 bridgehead atoms. The highest BCUT2D eigenvalue weighted by molar-refractivity contribution is 4.97. The van der Waals surface area contributed by atoms with Crippen molar-refractivity contribution in [1.29, 1.82) is 0 Å². The Bertz CT molecular complexity index is 284. The maximum absolute atomic E-state index is 5.29. The van der Waals surface area contributed by atoms with Gasteiger partial charge < -0.3 is 14.6 Å². The lowest BCUT2D eigenvalue weighted by molar-refractivity contribution is 0.179. The van der Waals surface area contributed by atoms with Crippen LogP contribution in [0, 0.1) is 5.92 Å². The molecule has 1 aliphatic heterocycles. The first kappa shape index (κ1) is 11.7. The molecule has 3 nitrogen and oxygen atoms in total. The van der Waals surface area contributed by atoms with Gasteiger partial charge in [-0.15, -0.1) is 0 Å². The quantitative estimate of drug-likeness (QED) is 0.827. The SMILES string of the molecule is CCN1CCCC(CNCc2ccco2)C1. The van der Waals surface area contributed by atoms with Crippen LogP contribution >= 0.6 is 0 Å². The summed E-state index contributed by atoms with van der Waals surface area (Å²) in [5.41, 5.74) is 0. The van der Waals surface area contributed by atoms with E-state index in [1.165, 1.54) is 32.5 Å². The summed E-state index contributed by atoms with van der Waals surface area (Å²) < 4.78 is 5.29. The first-order valence-corrected chi connectivity index (χ1v) is 6.34. The molecule has 1 aromatic rings. The van der Waals surface area contributed by atoms with E-state index >= 15 is 0 Å². The summed E-state index contributed by atoms with van der Waals surface area (Å²) >= 11 is 0. The van der Waals surface area contributed by atoms with E-state index < -0.39 is 0 Å². The van der Waals surface area contributed by atoms with E-state index in [2.05, 4.69) is 17.1 Å². The third kappa shape index (κ3) is 3.35. The van der Waals surface area contributed by atoms with Gasteiger partial charge >= 0.3 is 0 Å². The average Bonchev–Trinajstić information content (AvgIpc) is 2.82. The Kier molecular flexibility index (Phi) is 4.43. The Morgan fingerprint density at radius 2 is 2.50 bits per heavy atom. The third-order valence-electron chi connectivity index (χ3n) is 3.36. The summed E-state index contributed by atoms with van der Waals surface area (Å²) in [7, 11) is 0. The average molecular weight is 222 g/mol. The fourth-order valence-corrected chi connectivity index (χ4v) is 2.42. The molecule has 16 heavy (non-hydrogen) atoms. The molecule has 2 heterocycles. The van der Waals surface area contributed by atoms with Gasteiger partial charge in [-0.1, -0.05) is 6.92 Å². The van der Waals surface area contributed by atoms with Crippen molar-refractivity contribution in [3.8, 4) is 0 Å². The van der Waals surface area contributed by atoms with Gasteiger partial charge in [-0.25, -0.2) is 0 Å². The number of nitrogens with one attached hydrogen (secondary N) is 1. The van der Waals surface area contributed by atoms with Crippen LogP contribution in [0.15, 0.2) is 22.8 Å². The van der Waals surface area contributed by atoms with Crippen molar-refractivity contribution in [3.63, 3.8) is 0 Å². The van der Waals surface area contributed by atoms with Crippen molar-refractivity contribution in [1.82, 2.24) is 10.2 Å². The predicted molar refractivity (Wildman–Crippen MR) is 65.3 cm³/mol. The fourth-order valence-electron chi connectivity index (χ4n) is 2.42. The van der Waals surface area contributed by atoms with E-state index in [0.29, 0.717) is 0 Å². The zero-order valence-electron chi connectivity index (χ0n) is 10.1. The lowest BCUT2D eigenvalue weighted by atomic mass is 9.98. The summed E-state index contributed by atoms with van der Waals surface area (Å²) in [5.74, 6) is 1.84. The Labute approximate surface area is 97.8 Å².